The van der Waals surface area contributed by atoms with Gasteiger partial charge in [0.15, 0.2) is 11.5 Å². The van der Waals surface area contributed by atoms with E-state index in [0.717, 1.165) is 12.8 Å². The van der Waals surface area contributed by atoms with E-state index in [2.05, 4.69) is 27.2 Å². The molecule has 0 bridgehead atoms. The molecule has 7 nitrogen and oxygen atoms in total. The smallest absolute Gasteiger partial charge is 0.255 e. The standard InChI is InChI=1S/C17H21F2N5O2/c1-6-9-10(6)13(25)14(26)12(9)24-5-21-11-16(20-4-8(18)19)22-15(7-2-3-7)23-17(11)24/h5-10,12-14,25-26H,2-4H2,1H3,(H,20,22,23)/t6-,9+,10-,12-,13-,14+/m1/s1. The predicted molar refractivity (Wildman–Crippen MR) is 89.0 cm³/mol. The maximum Gasteiger partial charge on any atom is 0.255 e. The van der Waals surface area contributed by atoms with E-state index >= 15 is 0 Å². The van der Waals surface area contributed by atoms with Crippen LogP contribution in [0.4, 0.5) is 14.6 Å². The van der Waals surface area contributed by atoms with E-state index in [4.69, 9.17) is 0 Å². The number of imidazole rings is 1. The van der Waals surface area contributed by atoms with E-state index in [1.165, 1.54) is 0 Å². The van der Waals surface area contributed by atoms with E-state index in [0.29, 0.717) is 28.7 Å². The number of anilines is 1. The number of fused-ring (bicyclic) bond motifs is 2. The maximum absolute atomic E-state index is 12.6. The van der Waals surface area contributed by atoms with Gasteiger partial charge in [-0.2, -0.15) is 0 Å². The Morgan fingerprint density at radius 1 is 1.23 bits per heavy atom. The lowest BCUT2D eigenvalue weighted by Gasteiger charge is -2.23. The molecule has 3 aliphatic carbocycles. The van der Waals surface area contributed by atoms with Gasteiger partial charge in [0.2, 0.25) is 0 Å². The van der Waals surface area contributed by atoms with Crippen LogP contribution in [0.2, 0.25) is 0 Å². The molecule has 26 heavy (non-hydrogen) atoms. The highest BCUT2D eigenvalue weighted by atomic mass is 19.3. The highest BCUT2D eigenvalue weighted by molar-refractivity contribution is 5.83. The zero-order chi connectivity index (χ0) is 18.2. The van der Waals surface area contributed by atoms with Gasteiger partial charge in [0.25, 0.3) is 6.43 Å². The molecule has 3 fully saturated rings. The number of alkyl halides is 2. The second-order valence-electron chi connectivity index (χ2n) is 7.79. The van der Waals surface area contributed by atoms with Gasteiger partial charge in [0, 0.05) is 5.92 Å². The van der Waals surface area contributed by atoms with Gasteiger partial charge in [0.05, 0.1) is 25.0 Å². The minimum atomic E-state index is -2.49. The average molecular weight is 365 g/mol. The molecular weight excluding hydrogens is 344 g/mol. The molecular formula is C17H21F2N5O2. The quantitative estimate of drug-likeness (QED) is 0.744. The maximum atomic E-state index is 12.6. The number of hydrogen-bond donors (Lipinski definition) is 3. The van der Waals surface area contributed by atoms with E-state index in [-0.39, 0.29) is 23.8 Å². The summed E-state index contributed by atoms with van der Waals surface area (Å²) in [5, 5.41) is 23.4. The van der Waals surface area contributed by atoms with Crippen LogP contribution in [-0.4, -0.2) is 54.9 Å². The van der Waals surface area contributed by atoms with Crippen molar-refractivity contribution in [3.05, 3.63) is 12.2 Å². The molecule has 5 rings (SSSR count). The number of aliphatic hydroxyl groups is 2. The van der Waals surface area contributed by atoms with Gasteiger partial charge in [-0.15, -0.1) is 0 Å². The van der Waals surface area contributed by atoms with Crippen molar-refractivity contribution in [3.8, 4) is 0 Å². The summed E-state index contributed by atoms with van der Waals surface area (Å²) in [5.41, 5.74) is 0.961. The zero-order valence-electron chi connectivity index (χ0n) is 14.3. The van der Waals surface area contributed by atoms with Crippen LogP contribution in [0, 0.1) is 17.8 Å². The second kappa shape index (κ2) is 5.56. The summed E-state index contributed by atoms with van der Waals surface area (Å²) in [6, 6.07) is -0.306. The predicted octanol–water partition coefficient (Wildman–Crippen LogP) is 1.54. The third kappa shape index (κ3) is 2.33. The number of aliphatic hydroxyl groups excluding tert-OH is 2. The lowest BCUT2D eigenvalue weighted by molar-refractivity contribution is -0.00221. The van der Waals surface area contributed by atoms with Crippen molar-refractivity contribution >= 4 is 17.0 Å². The summed E-state index contributed by atoms with van der Waals surface area (Å²) in [4.78, 5) is 13.4. The number of nitrogens with zero attached hydrogens (tertiary/aromatic N) is 4. The fraction of sp³-hybridized carbons (Fsp3) is 0.706. The molecule has 0 aromatic carbocycles. The monoisotopic (exact) mass is 365 g/mol. The molecule has 2 heterocycles. The van der Waals surface area contributed by atoms with Crippen molar-refractivity contribution in [1.29, 1.82) is 0 Å². The lowest BCUT2D eigenvalue weighted by Crippen LogP contribution is -2.32. The van der Waals surface area contributed by atoms with Gasteiger partial charge >= 0.3 is 0 Å². The Kier molecular flexibility index (Phi) is 3.49. The zero-order valence-corrected chi connectivity index (χ0v) is 14.3. The first-order valence-electron chi connectivity index (χ1n) is 9.10. The number of halogens is 2. The van der Waals surface area contributed by atoms with Gasteiger partial charge in [-0.25, -0.2) is 23.7 Å². The molecule has 0 spiro atoms. The number of aromatic nitrogens is 4. The molecule has 2 aromatic rings. The first-order chi connectivity index (χ1) is 12.5. The molecule has 0 amide bonds. The Labute approximate surface area is 148 Å². The molecule has 6 atom stereocenters. The fourth-order valence-corrected chi connectivity index (χ4v) is 4.58. The summed E-state index contributed by atoms with van der Waals surface area (Å²) < 4.78 is 27.1. The van der Waals surface area contributed by atoms with Gasteiger partial charge in [-0.1, -0.05) is 6.92 Å². The average Bonchev–Trinajstić information content (AvgIpc) is 3.49. The Bertz CT molecular complexity index is 855. The van der Waals surface area contributed by atoms with Crippen LogP contribution >= 0.6 is 0 Å². The van der Waals surface area contributed by atoms with Crippen LogP contribution in [0.25, 0.3) is 11.2 Å². The summed E-state index contributed by atoms with van der Waals surface area (Å²) in [5.74, 6) is 1.79. The molecule has 0 radical (unpaired) electrons. The molecule has 9 heteroatoms. The highest BCUT2D eigenvalue weighted by Crippen LogP contribution is 2.62. The van der Waals surface area contributed by atoms with E-state index < -0.39 is 25.2 Å². The van der Waals surface area contributed by atoms with Crippen LogP contribution < -0.4 is 5.32 Å². The second-order valence-corrected chi connectivity index (χ2v) is 7.79. The van der Waals surface area contributed by atoms with Crippen molar-refractivity contribution in [2.24, 2.45) is 17.8 Å². The SMILES string of the molecule is C[C@H]1[C@H]2[C@@H](O)[C@@H](O)[C@H](n3cnc4c(NCC(F)F)nc(C5CC5)nc43)[C@@H]12. The number of hydrogen-bond acceptors (Lipinski definition) is 6. The van der Waals surface area contributed by atoms with Crippen molar-refractivity contribution in [2.75, 3.05) is 11.9 Å². The van der Waals surface area contributed by atoms with Crippen molar-refractivity contribution < 1.29 is 19.0 Å². The van der Waals surface area contributed by atoms with Gasteiger partial charge in [-0.3, -0.25) is 0 Å². The summed E-state index contributed by atoms with van der Waals surface area (Å²) in [6.07, 6.45) is -0.571. The van der Waals surface area contributed by atoms with Crippen LogP contribution in [0.1, 0.15) is 37.5 Å². The molecule has 2 aromatic heterocycles. The molecule has 140 valence electrons. The van der Waals surface area contributed by atoms with Gasteiger partial charge in [0.1, 0.15) is 17.4 Å². The van der Waals surface area contributed by atoms with Crippen LogP contribution in [0.5, 0.6) is 0 Å². The topological polar surface area (TPSA) is 96.1 Å². The van der Waals surface area contributed by atoms with Crippen LogP contribution in [-0.2, 0) is 0 Å². The largest absolute Gasteiger partial charge is 0.390 e. The van der Waals surface area contributed by atoms with E-state index in [1.807, 2.05) is 0 Å². The highest BCUT2D eigenvalue weighted by Gasteiger charge is 2.65. The number of nitrogens with one attached hydrogen (secondary N) is 1. The van der Waals surface area contributed by atoms with Crippen molar-refractivity contribution in [2.45, 2.75) is 50.4 Å². The third-order valence-electron chi connectivity index (χ3n) is 6.13. The van der Waals surface area contributed by atoms with Gasteiger partial charge < -0.3 is 20.1 Å². The molecule has 0 unspecified atom stereocenters. The molecule has 0 aliphatic heterocycles. The molecule has 3 N–H and O–H groups in total. The van der Waals surface area contributed by atoms with Crippen molar-refractivity contribution in [1.82, 2.24) is 19.5 Å². The first kappa shape index (κ1) is 16.3. The van der Waals surface area contributed by atoms with E-state index in [1.54, 1.807) is 10.9 Å². The Hall–Kier alpha value is -1.87. The Morgan fingerprint density at radius 2 is 2.00 bits per heavy atom. The van der Waals surface area contributed by atoms with Crippen LogP contribution in [0.3, 0.4) is 0 Å². The van der Waals surface area contributed by atoms with Crippen LogP contribution in [0.15, 0.2) is 6.33 Å². The third-order valence-corrected chi connectivity index (χ3v) is 6.13. The number of rotatable bonds is 5. The first-order valence-corrected chi connectivity index (χ1v) is 9.10. The molecule has 0 saturated heterocycles. The minimum absolute atomic E-state index is 0.0913. The Balaban J connectivity index is 1.59. The summed E-state index contributed by atoms with van der Waals surface area (Å²) >= 11 is 0. The summed E-state index contributed by atoms with van der Waals surface area (Å²) in [6.45, 7) is 1.56. The van der Waals surface area contributed by atoms with Gasteiger partial charge in [-0.05, 0) is 30.6 Å². The summed E-state index contributed by atoms with van der Waals surface area (Å²) in [7, 11) is 0. The van der Waals surface area contributed by atoms with Crippen molar-refractivity contribution in [3.63, 3.8) is 0 Å². The lowest BCUT2D eigenvalue weighted by atomic mass is 10.0. The fourth-order valence-electron chi connectivity index (χ4n) is 4.58. The normalized spacial score (nSPS) is 35.9. The molecule has 3 saturated carbocycles. The minimum Gasteiger partial charge on any atom is -0.390 e. The Morgan fingerprint density at radius 3 is 2.65 bits per heavy atom. The molecule has 3 aliphatic rings. The van der Waals surface area contributed by atoms with E-state index in [9.17, 15) is 19.0 Å².